The van der Waals surface area contributed by atoms with E-state index in [1.807, 2.05) is 55.5 Å². The van der Waals surface area contributed by atoms with Crippen molar-refractivity contribution in [3.05, 3.63) is 149 Å². The molecule has 3 aromatic carbocycles. The number of carbonyl (C=O) groups is 4. The van der Waals surface area contributed by atoms with Crippen molar-refractivity contribution in [2.24, 2.45) is 0 Å². The SMILES string of the molecule is CSc1c(C#N)c(N)nc(SCC(=O)c2ccc(OC(F)F)cc2)c1C#N.Cc1cc(/C=C/C(=O)NN2CCOC2=O)ccc1Cl.Cc1cc(=O)c(C(=O)O)c(/C=C/c2cccc(Br)c2)[nH]1. The lowest BCUT2D eigenvalue weighted by Gasteiger charge is -2.11. The van der Waals surface area contributed by atoms with Crippen molar-refractivity contribution < 1.29 is 42.5 Å². The second kappa shape index (κ2) is 24.9. The number of thioether (sulfide) groups is 2. The van der Waals surface area contributed by atoms with Gasteiger partial charge >= 0.3 is 18.7 Å². The second-order valence-corrected chi connectivity index (χ2v) is 16.4. The number of ether oxygens (including phenoxy) is 2. The number of Topliss-reactive ketones (excluding diaryl/α,β-unsaturated/α-hetero) is 1. The number of H-pyrrole nitrogens is 1. The zero-order chi connectivity index (χ0) is 48.5. The number of aryl methyl sites for hydroxylation is 2. The molecule has 21 heteroatoms. The van der Waals surface area contributed by atoms with Gasteiger partial charge < -0.3 is 25.3 Å². The van der Waals surface area contributed by atoms with Crippen LogP contribution in [0.15, 0.2) is 98.1 Å². The number of nitrogens with one attached hydrogen (secondary N) is 2. The molecule has 5 aromatic rings. The Bertz CT molecular complexity index is 2830. The molecule has 0 saturated carbocycles. The first kappa shape index (κ1) is 51.7. The molecule has 66 heavy (non-hydrogen) atoms. The summed E-state index contributed by atoms with van der Waals surface area (Å²) in [4.78, 5) is 65.3. The predicted molar refractivity (Wildman–Crippen MR) is 251 cm³/mol. The van der Waals surface area contributed by atoms with Gasteiger partial charge in [-0.1, -0.05) is 69.6 Å². The van der Waals surface area contributed by atoms with Gasteiger partial charge in [0.1, 0.15) is 46.5 Å². The number of halogens is 4. The Morgan fingerprint density at radius 3 is 2.33 bits per heavy atom. The molecular weight excluding hydrogens is 984 g/mol. The van der Waals surface area contributed by atoms with Crippen LogP contribution in [0.2, 0.25) is 5.02 Å². The number of rotatable bonds is 13. The zero-order valence-corrected chi connectivity index (χ0v) is 38.9. The summed E-state index contributed by atoms with van der Waals surface area (Å²) >= 11 is 11.5. The van der Waals surface area contributed by atoms with Crippen molar-refractivity contribution in [2.45, 2.75) is 30.4 Å². The van der Waals surface area contributed by atoms with Crippen molar-refractivity contribution in [3.8, 4) is 17.9 Å². The maximum absolute atomic E-state index is 12.3. The van der Waals surface area contributed by atoms with Gasteiger partial charge in [0.25, 0.3) is 5.91 Å². The summed E-state index contributed by atoms with van der Waals surface area (Å²) < 4.78 is 34.1. The lowest BCUT2D eigenvalue weighted by atomic mass is 10.1. The molecular formula is C45H37BrClF2N7O8S2. The van der Waals surface area contributed by atoms with Gasteiger partial charge in [-0.15, -0.1) is 11.8 Å². The summed E-state index contributed by atoms with van der Waals surface area (Å²) in [6.07, 6.45) is 7.53. The van der Waals surface area contributed by atoms with E-state index in [2.05, 4.69) is 36.1 Å². The van der Waals surface area contributed by atoms with Crippen LogP contribution in [0.5, 0.6) is 5.75 Å². The number of hydrazine groups is 1. The summed E-state index contributed by atoms with van der Waals surface area (Å²) in [7, 11) is 0. The average Bonchev–Trinajstić information content (AvgIpc) is 3.68. The fourth-order valence-electron chi connectivity index (χ4n) is 5.57. The van der Waals surface area contributed by atoms with Crippen LogP contribution in [0.1, 0.15) is 59.9 Å². The number of amides is 2. The topological polar surface area (TPSA) is 242 Å². The number of aromatic amines is 1. The number of aromatic carboxylic acids is 1. The van der Waals surface area contributed by atoms with Crippen molar-refractivity contribution in [2.75, 3.05) is 30.9 Å². The number of carboxylic acids is 1. The molecule has 0 spiro atoms. The molecule has 6 rings (SSSR count). The number of benzene rings is 3. The number of anilines is 1. The third kappa shape index (κ3) is 15.1. The number of hydrogen-bond donors (Lipinski definition) is 4. The van der Waals surface area contributed by atoms with Crippen LogP contribution >= 0.6 is 51.1 Å². The highest BCUT2D eigenvalue weighted by Gasteiger charge is 2.23. The standard InChI is InChI=1S/C17H12F2N4O2S2.C15H12BrNO3.C13H13ClN2O3/c1-26-14-11(6-20)15(22)23-16(12(14)7-21)27-8-13(24)9-2-4-10(5-3-9)25-17(18)19;1-9-7-13(18)14(15(19)20)12(17-9)6-5-10-3-2-4-11(16)8-10;1-9-8-10(2-4-11(9)14)3-5-12(17)15-16-6-7-19-13(16)18/h2-5,17H,8H2,1H3,(H2,22,23);2-8H,1H3,(H,17,18)(H,19,20);2-5,8H,6-7H2,1H3,(H,15,17)/b;6-5+;5-3+. The van der Waals surface area contributed by atoms with Gasteiger partial charge in [-0.05, 0) is 91.4 Å². The monoisotopic (exact) mass is 1020 g/mol. The van der Waals surface area contributed by atoms with E-state index in [0.717, 1.165) is 37.9 Å². The van der Waals surface area contributed by atoms with Gasteiger partial charge in [-0.2, -0.15) is 19.3 Å². The summed E-state index contributed by atoms with van der Waals surface area (Å²) in [5.41, 5.74) is 11.7. The Kier molecular flexibility index (Phi) is 19.5. The highest BCUT2D eigenvalue weighted by molar-refractivity contribution is 9.10. The minimum atomic E-state index is -2.94. The van der Waals surface area contributed by atoms with Gasteiger partial charge in [0.2, 0.25) is 0 Å². The molecule has 15 nitrogen and oxygen atoms in total. The van der Waals surface area contributed by atoms with Crippen LogP contribution in [0.4, 0.5) is 19.4 Å². The molecule has 5 N–H and O–H groups in total. The molecule has 2 aromatic heterocycles. The molecule has 2 amide bonds. The van der Waals surface area contributed by atoms with E-state index in [0.29, 0.717) is 40.0 Å². The predicted octanol–water partition coefficient (Wildman–Crippen LogP) is 9.16. The Morgan fingerprint density at radius 1 is 1.05 bits per heavy atom. The van der Waals surface area contributed by atoms with Crippen LogP contribution in [0, 0.1) is 36.5 Å². The number of hydrogen-bond acceptors (Lipinski definition) is 13. The van der Waals surface area contributed by atoms with Crippen molar-refractivity contribution in [3.63, 3.8) is 0 Å². The third-order valence-corrected chi connectivity index (χ3v) is 11.3. The van der Waals surface area contributed by atoms with E-state index in [1.54, 1.807) is 37.5 Å². The number of carboxylic acid groups (broad SMARTS) is 1. The number of aromatic nitrogens is 2. The van der Waals surface area contributed by atoms with Crippen LogP contribution < -0.4 is 21.3 Å². The molecule has 0 bridgehead atoms. The van der Waals surface area contributed by atoms with Gasteiger partial charge in [-0.25, -0.2) is 19.6 Å². The first-order chi connectivity index (χ1) is 31.4. The highest BCUT2D eigenvalue weighted by atomic mass is 79.9. The van der Waals surface area contributed by atoms with E-state index in [-0.39, 0.29) is 50.7 Å². The molecule has 1 saturated heterocycles. The number of pyridine rings is 2. The van der Waals surface area contributed by atoms with Gasteiger partial charge in [0, 0.05) is 37.8 Å². The summed E-state index contributed by atoms with van der Waals surface area (Å²) in [6.45, 7) is 1.31. The Balaban J connectivity index is 0.000000221. The molecule has 0 unspecified atom stereocenters. The molecule has 0 atom stereocenters. The Hall–Kier alpha value is -6.97. The van der Waals surface area contributed by atoms with Crippen LogP contribution in [0.25, 0.3) is 18.2 Å². The number of cyclic esters (lactones) is 1. The second-order valence-electron chi connectivity index (χ2n) is 13.3. The van der Waals surface area contributed by atoms with Gasteiger partial charge in [-0.3, -0.25) is 19.8 Å². The van der Waals surface area contributed by atoms with Crippen LogP contribution in [-0.4, -0.2) is 75.6 Å². The first-order valence-electron chi connectivity index (χ1n) is 18.9. The molecule has 1 aliphatic heterocycles. The van der Waals surface area contributed by atoms with E-state index in [1.165, 1.54) is 48.2 Å². The van der Waals surface area contributed by atoms with Gasteiger partial charge in [0.15, 0.2) is 11.2 Å². The quantitative estimate of drug-likeness (QED) is 0.0488. The number of carbonyl (C=O) groups excluding carboxylic acids is 3. The van der Waals surface area contributed by atoms with Crippen molar-refractivity contribution in [1.82, 2.24) is 20.4 Å². The van der Waals surface area contributed by atoms with E-state index in [4.69, 9.17) is 27.2 Å². The summed E-state index contributed by atoms with van der Waals surface area (Å²) in [5.74, 6) is -2.01. The number of alkyl halides is 2. The van der Waals surface area contributed by atoms with Crippen molar-refractivity contribution in [1.29, 1.82) is 10.5 Å². The fraction of sp³-hybridized carbons (Fsp3) is 0.156. The molecule has 3 heterocycles. The normalized spacial score (nSPS) is 11.8. The molecule has 1 aliphatic rings. The smallest absolute Gasteiger partial charge is 0.428 e. The minimum Gasteiger partial charge on any atom is -0.477 e. The summed E-state index contributed by atoms with van der Waals surface area (Å²) in [6, 6.07) is 23.5. The molecule has 340 valence electrons. The third-order valence-electron chi connectivity index (χ3n) is 8.63. The lowest BCUT2D eigenvalue weighted by Crippen LogP contribution is -2.41. The number of nitrogen functional groups attached to an aromatic ring is 1. The van der Waals surface area contributed by atoms with E-state index in [9.17, 15) is 43.3 Å². The molecule has 0 radical (unpaired) electrons. The van der Waals surface area contributed by atoms with Crippen molar-refractivity contribution >= 4 is 98.9 Å². The maximum atomic E-state index is 12.3. The van der Waals surface area contributed by atoms with E-state index < -0.39 is 24.1 Å². The Labute approximate surface area is 398 Å². The van der Waals surface area contributed by atoms with Crippen LogP contribution in [-0.2, 0) is 9.53 Å². The summed E-state index contributed by atoms with van der Waals surface area (Å²) in [5, 5.41) is 29.8. The Morgan fingerprint density at radius 2 is 1.74 bits per heavy atom. The maximum Gasteiger partial charge on any atom is 0.428 e. The van der Waals surface area contributed by atoms with Crippen LogP contribution in [0.3, 0.4) is 0 Å². The number of nitriles is 2. The highest BCUT2D eigenvalue weighted by Crippen LogP contribution is 2.34. The minimum absolute atomic E-state index is 0.00991. The lowest BCUT2D eigenvalue weighted by molar-refractivity contribution is -0.119. The number of nitrogens with two attached hydrogens (primary N) is 1. The largest absolute Gasteiger partial charge is 0.477 e. The first-order valence-corrected chi connectivity index (χ1v) is 22.3. The van der Waals surface area contributed by atoms with Gasteiger partial charge in [0.05, 0.1) is 23.6 Å². The van der Waals surface area contributed by atoms with E-state index >= 15 is 0 Å². The molecule has 1 fully saturated rings. The molecule has 0 aliphatic carbocycles. The number of nitrogens with zero attached hydrogens (tertiary/aromatic N) is 4. The average molecular weight is 1020 g/mol. The number of ketones is 1. The zero-order valence-electron chi connectivity index (χ0n) is 34.9. The fourth-order valence-corrected chi connectivity index (χ4v) is 7.76.